The average molecular weight is 226 g/mol. The molecule has 0 aromatic heterocycles. The van der Waals surface area contributed by atoms with Crippen molar-refractivity contribution in [1.82, 2.24) is 0 Å². The Morgan fingerprint density at radius 3 is 2.25 bits per heavy atom. The van der Waals surface area contributed by atoms with Gasteiger partial charge in [-0.25, -0.2) is 0 Å². The largest absolute Gasteiger partial charge is 0.392 e. The number of hydrogen-bond donors (Lipinski definition) is 0. The van der Waals surface area contributed by atoms with E-state index in [-0.39, 0.29) is 12.8 Å². The van der Waals surface area contributed by atoms with E-state index in [1.165, 1.54) is 0 Å². The highest BCUT2D eigenvalue weighted by molar-refractivity contribution is 5.66. The quantitative estimate of drug-likeness (QED) is 0.664. The van der Waals surface area contributed by atoms with Crippen LogP contribution in [0.25, 0.3) is 5.57 Å². The third-order valence-electron chi connectivity index (χ3n) is 3.02. The Balaban J connectivity index is 2.10. The summed E-state index contributed by atoms with van der Waals surface area (Å²) in [7, 11) is 0. The molecule has 0 saturated carbocycles. The third-order valence-corrected chi connectivity index (χ3v) is 3.02. The summed E-state index contributed by atoms with van der Waals surface area (Å²) < 4.78 is 37.3. The Hall–Kier alpha value is -1.25. The van der Waals surface area contributed by atoms with Crippen LogP contribution in [-0.2, 0) is 0 Å². The van der Waals surface area contributed by atoms with Crippen molar-refractivity contribution in [2.45, 2.75) is 25.4 Å². The highest BCUT2D eigenvalue weighted by atomic mass is 19.4. The van der Waals surface area contributed by atoms with Gasteiger partial charge in [0.1, 0.15) is 0 Å². The minimum Gasteiger partial charge on any atom is -0.171 e. The fraction of sp³-hybridized carbons (Fsp3) is 0.385. The maximum atomic E-state index is 12.4. The van der Waals surface area contributed by atoms with Crippen LogP contribution in [0.3, 0.4) is 0 Å². The van der Waals surface area contributed by atoms with Gasteiger partial charge in [-0.15, -0.1) is 0 Å². The van der Waals surface area contributed by atoms with E-state index in [1.54, 1.807) is 6.08 Å². The molecule has 1 atom stereocenters. The molecule has 1 unspecified atom stereocenters. The van der Waals surface area contributed by atoms with E-state index in [2.05, 4.69) is 0 Å². The fourth-order valence-corrected chi connectivity index (χ4v) is 2.05. The Labute approximate surface area is 92.8 Å². The molecule has 0 spiro atoms. The first-order chi connectivity index (χ1) is 7.57. The van der Waals surface area contributed by atoms with Crippen molar-refractivity contribution in [3.8, 4) is 0 Å². The first-order valence-electron chi connectivity index (χ1n) is 5.38. The third kappa shape index (κ3) is 2.46. The first-order valence-corrected chi connectivity index (χ1v) is 5.38. The predicted octanol–water partition coefficient (Wildman–Crippen LogP) is 4.43. The highest BCUT2D eigenvalue weighted by Crippen LogP contribution is 2.39. The molecule has 0 N–H and O–H groups in total. The summed E-state index contributed by atoms with van der Waals surface area (Å²) in [6.45, 7) is 0. The second kappa shape index (κ2) is 4.32. The van der Waals surface area contributed by atoms with Gasteiger partial charge in [0.15, 0.2) is 0 Å². The van der Waals surface area contributed by atoms with E-state index in [4.69, 9.17) is 0 Å². The Kier molecular flexibility index (Phi) is 3.03. The summed E-state index contributed by atoms with van der Waals surface area (Å²) in [5.74, 6) is -1.15. The smallest absolute Gasteiger partial charge is 0.171 e. The van der Waals surface area contributed by atoms with E-state index in [0.717, 1.165) is 11.1 Å². The van der Waals surface area contributed by atoms with E-state index in [0.29, 0.717) is 6.42 Å². The zero-order valence-corrected chi connectivity index (χ0v) is 8.80. The lowest BCUT2D eigenvalue weighted by molar-refractivity contribution is -0.175. The van der Waals surface area contributed by atoms with Crippen LogP contribution in [0.15, 0.2) is 36.4 Å². The molecule has 1 aliphatic rings. The number of hydrogen-bond acceptors (Lipinski definition) is 0. The molecule has 0 amide bonds. The van der Waals surface area contributed by atoms with Crippen molar-refractivity contribution >= 4 is 5.57 Å². The van der Waals surface area contributed by atoms with E-state index in [9.17, 15) is 13.2 Å². The van der Waals surface area contributed by atoms with Crippen molar-refractivity contribution in [3.63, 3.8) is 0 Å². The first kappa shape index (κ1) is 11.2. The SMILES string of the molecule is FC(F)(F)C1CC=C(c2ccccc2)CC1. The van der Waals surface area contributed by atoms with Crippen LogP contribution in [0.5, 0.6) is 0 Å². The Bertz CT molecular complexity index is 376. The van der Waals surface area contributed by atoms with E-state index < -0.39 is 12.1 Å². The lowest BCUT2D eigenvalue weighted by Crippen LogP contribution is -2.24. The van der Waals surface area contributed by atoms with Crippen LogP contribution < -0.4 is 0 Å². The molecule has 3 heteroatoms. The normalized spacial score (nSPS) is 21.7. The molecule has 0 nitrogen and oxygen atoms in total. The molecule has 0 fully saturated rings. The molecular formula is C13H13F3. The lowest BCUT2D eigenvalue weighted by atomic mass is 9.86. The van der Waals surface area contributed by atoms with Crippen LogP contribution in [0.4, 0.5) is 13.2 Å². The molecule has 86 valence electrons. The van der Waals surface area contributed by atoms with E-state index in [1.807, 2.05) is 30.3 Å². The molecule has 1 aromatic carbocycles. The molecular weight excluding hydrogens is 213 g/mol. The minimum absolute atomic E-state index is 0.119. The van der Waals surface area contributed by atoms with Crippen molar-refractivity contribution in [2.75, 3.05) is 0 Å². The van der Waals surface area contributed by atoms with Crippen molar-refractivity contribution in [3.05, 3.63) is 42.0 Å². The van der Waals surface area contributed by atoms with Gasteiger partial charge in [-0.05, 0) is 30.4 Å². The van der Waals surface area contributed by atoms with Crippen molar-refractivity contribution in [2.24, 2.45) is 5.92 Å². The van der Waals surface area contributed by atoms with Crippen LogP contribution in [0.1, 0.15) is 24.8 Å². The summed E-state index contributed by atoms with van der Waals surface area (Å²) in [5.41, 5.74) is 2.09. The van der Waals surface area contributed by atoms with Crippen LogP contribution in [-0.4, -0.2) is 6.18 Å². The topological polar surface area (TPSA) is 0 Å². The molecule has 2 rings (SSSR count). The summed E-state index contributed by atoms with van der Waals surface area (Å²) in [4.78, 5) is 0. The highest BCUT2D eigenvalue weighted by Gasteiger charge is 2.39. The molecule has 0 radical (unpaired) electrons. The van der Waals surface area contributed by atoms with Gasteiger partial charge in [-0.1, -0.05) is 36.4 Å². The second-order valence-electron chi connectivity index (χ2n) is 4.11. The minimum atomic E-state index is -4.04. The van der Waals surface area contributed by atoms with Gasteiger partial charge in [0, 0.05) is 0 Å². The number of rotatable bonds is 1. The summed E-state index contributed by atoms with van der Waals surface area (Å²) in [6.07, 6.45) is -1.46. The van der Waals surface area contributed by atoms with Gasteiger partial charge < -0.3 is 0 Å². The Morgan fingerprint density at radius 2 is 1.75 bits per heavy atom. The standard InChI is InChI=1S/C13H13F3/c14-13(15,16)12-8-6-11(7-9-12)10-4-2-1-3-5-10/h1-6,12H,7-9H2. The molecule has 16 heavy (non-hydrogen) atoms. The lowest BCUT2D eigenvalue weighted by Gasteiger charge is -2.24. The van der Waals surface area contributed by atoms with Gasteiger partial charge in [-0.2, -0.15) is 13.2 Å². The molecule has 1 aromatic rings. The second-order valence-corrected chi connectivity index (χ2v) is 4.11. The molecule has 1 aliphatic carbocycles. The maximum Gasteiger partial charge on any atom is 0.392 e. The van der Waals surface area contributed by atoms with Gasteiger partial charge in [0.25, 0.3) is 0 Å². The zero-order chi connectivity index (χ0) is 11.6. The maximum absolute atomic E-state index is 12.4. The fourth-order valence-electron chi connectivity index (χ4n) is 2.05. The number of allylic oxidation sites excluding steroid dienone is 2. The molecule has 0 aliphatic heterocycles. The van der Waals surface area contributed by atoms with Gasteiger partial charge in [0.05, 0.1) is 5.92 Å². The van der Waals surface area contributed by atoms with Gasteiger partial charge in [0.2, 0.25) is 0 Å². The van der Waals surface area contributed by atoms with Crippen LogP contribution >= 0.6 is 0 Å². The molecule has 0 bridgehead atoms. The van der Waals surface area contributed by atoms with Gasteiger partial charge in [-0.3, -0.25) is 0 Å². The van der Waals surface area contributed by atoms with E-state index >= 15 is 0 Å². The summed E-state index contributed by atoms with van der Waals surface area (Å²) in [5, 5.41) is 0. The molecule has 0 saturated heterocycles. The van der Waals surface area contributed by atoms with Crippen molar-refractivity contribution < 1.29 is 13.2 Å². The number of benzene rings is 1. The molecule has 0 heterocycles. The average Bonchev–Trinajstić information content (AvgIpc) is 2.29. The van der Waals surface area contributed by atoms with Gasteiger partial charge >= 0.3 is 6.18 Å². The summed E-state index contributed by atoms with van der Waals surface area (Å²) >= 11 is 0. The number of alkyl halides is 3. The van der Waals surface area contributed by atoms with Crippen LogP contribution in [0.2, 0.25) is 0 Å². The monoisotopic (exact) mass is 226 g/mol. The number of halogens is 3. The zero-order valence-electron chi connectivity index (χ0n) is 8.80. The van der Waals surface area contributed by atoms with Crippen LogP contribution in [0, 0.1) is 5.92 Å². The van der Waals surface area contributed by atoms with Crippen molar-refractivity contribution in [1.29, 1.82) is 0 Å². The summed E-state index contributed by atoms with van der Waals surface area (Å²) in [6, 6.07) is 9.61. The Morgan fingerprint density at radius 1 is 1.06 bits per heavy atom. The predicted molar refractivity (Wildman–Crippen MR) is 57.8 cm³/mol.